The molecular weight excluding hydrogens is 196 g/mol. The van der Waals surface area contributed by atoms with Gasteiger partial charge in [0.05, 0.1) is 6.10 Å². The molecule has 1 fully saturated rings. The second kappa shape index (κ2) is 15.0. The molecule has 2 atom stereocenters. The van der Waals surface area contributed by atoms with Gasteiger partial charge >= 0.3 is 0 Å². The molecular formula is C15H34O. The third-order valence-corrected chi connectivity index (χ3v) is 2.86. The van der Waals surface area contributed by atoms with E-state index in [-0.39, 0.29) is 0 Å². The van der Waals surface area contributed by atoms with E-state index < -0.39 is 0 Å². The first-order chi connectivity index (χ1) is 7.84. The molecule has 0 bridgehead atoms. The quantitative estimate of drug-likeness (QED) is 0.572. The van der Waals surface area contributed by atoms with Gasteiger partial charge < -0.3 is 4.74 Å². The van der Waals surface area contributed by atoms with Gasteiger partial charge in [0.15, 0.2) is 0 Å². The van der Waals surface area contributed by atoms with Crippen LogP contribution in [0.2, 0.25) is 0 Å². The highest BCUT2D eigenvalue weighted by atomic mass is 16.5. The fraction of sp³-hybridized carbons (Fsp3) is 1.00. The monoisotopic (exact) mass is 230 g/mol. The van der Waals surface area contributed by atoms with E-state index in [1.54, 1.807) is 0 Å². The zero-order valence-electron chi connectivity index (χ0n) is 12.5. The average Bonchev–Trinajstić information content (AvgIpc) is 2.76. The van der Waals surface area contributed by atoms with Crippen molar-refractivity contribution in [1.82, 2.24) is 0 Å². The molecule has 0 spiro atoms. The normalized spacial score (nSPS) is 22.9. The molecule has 16 heavy (non-hydrogen) atoms. The second-order valence-electron chi connectivity index (χ2n) is 4.02. The summed E-state index contributed by atoms with van der Waals surface area (Å²) in [5, 5.41) is 0. The van der Waals surface area contributed by atoms with E-state index in [9.17, 15) is 0 Å². The molecule has 1 saturated carbocycles. The maximum absolute atomic E-state index is 5.82. The highest BCUT2D eigenvalue weighted by Crippen LogP contribution is 2.27. The SMILES string of the molecule is CC.CC.CCCCCOC1CCCC1C. The lowest BCUT2D eigenvalue weighted by Gasteiger charge is -2.15. The van der Waals surface area contributed by atoms with Crippen molar-refractivity contribution < 1.29 is 4.74 Å². The molecule has 0 saturated heterocycles. The third kappa shape index (κ3) is 9.21. The Hall–Kier alpha value is -0.0400. The molecule has 2 unspecified atom stereocenters. The molecule has 0 aromatic heterocycles. The Balaban J connectivity index is 0. The summed E-state index contributed by atoms with van der Waals surface area (Å²) in [5.74, 6) is 0.812. The molecule has 1 nitrogen and oxygen atoms in total. The van der Waals surface area contributed by atoms with Crippen molar-refractivity contribution in [3.63, 3.8) is 0 Å². The van der Waals surface area contributed by atoms with Crippen LogP contribution in [0.3, 0.4) is 0 Å². The maximum Gasteiger partial charge on any atom is 0.0600 e. The fourth-order valence-corrected chi connectivity index (χ4v) is 1.95. The molecule has 0 amide bonds. The predicted molar refractivity (Wildman–Crippen MR) is 75.0 cm³/mol. The van der Waals surface area contributed by atoms with E-state index >= 15 is 0 Å². The van der Waals surface area contributed by atoms with Gasteiger partial charge in [0.25, 0.3) is 0 Å². The Bertz CT molecular complexity index is 112. The molecule has 1 rings (SSSR count). The summed E-state index contributed by atoms with van der Waals surface area (Å²) < 4.78 is 5.82. The molecule has 1 aliphatic carbocycles. The largest absolute Gasteiger partial charge is 0.378 e. The zero-order chi connectivity index (χ0) is 12.8. The average molecular weight is 230 g/mol. The first-order valence-corrected chi connectivity index (χ1v) is 7.46. The molecule has 100 valence electrons. The van der Waals surface area contributed by atoms with Crippen molar-refractivity contribution in [1.29, 1.82) is 0 Å². The third-order valence-electron chi connectivity index (χ3n) is 2.86. The van der Waals surface area contributed by atoms with Gasteiger partial charge in [-0.15, -0.1) is 0 Å². The first kappa shape index (κ1) is 18.3. The molecule has 0 radical (unpaired) electrons. The lowest BCUT2D eigenvalue weighted by atomic mass is 10.1. The molecule has 0 N–H and O–H groups in total. The van der Waals surface area contributed by atoms with Crippen molar-refractivity contribution in [3.05, 3.63) is 0 Å². The summed E-state index contributed by atoms with van der Waals surface area (Å²) in [5.41, 5.74) is 0. The maximum atomic E-state index is 5.82. The summed E-state index contributed by atoms with van der Waals surface area (Å²) in [6.45, 7) is 13.5. The Morgan fingerprint density at radius 3 is 2.06 bits per heavy atom. The van der Waals surface area contributed by atoms with Gasteiger partial charge in [0.2, 0.25) is 0 Å². The fourth-order valence-electron chi connectivity index (χ4n) is 1.95. The topological polar surface area (TPSA) is 9.23 Å². The lowest BCUT2D eigenvalue weighted by Crippen LogP contribution is -2.16. The van der Waals surface area contributed by atoms with Crippen molar-refractivity contribution >= 4 is 0 Å². The standard InChI is InChI=1S/C11H22O.2C2H6/c1-3-4-5-9-12-11-8-6-7-10(11)2;2*1-2/h10-11H,3-9H2,1-2H3;2*1-2H3. The molecule has 0 heterocycles. The van der Waals surface area contributed by atoms with Crippen LogP contribution in [0.15, 0.2) is 0 Å². The molecule has 0 aliphatic heterocycles. The summed E-state index contributed by atoms with van der Waals surface area (Å²) in [6, 6.07) is 0. The van der Waals surface area contributed by atoms with Gasteiger partial charge in [-0.1, -0.05) is 60.8 Å². The minimum absolute atomic E-state index is 0.585. The number of hydrogen-bond acceptors (Lipinski definition) is 1. The first-order valence-electron chi connectivity index (χ1n) is 7.46. The van der Waals surface area contributed by atoms with E-state index in [0.29, 0.717) is 6.10 Å². The second-order valence-corrected chi connectivity index (χ2v) is 4.02. The van der Waals surface area contributed by atoms with E-state index in [2.05, 4.69) is 13.8 Å². The van der Waals surface area contributed by atoms with Gasteiger partial charge in [0.1, 0.15) is 0 Å². The van der Waals surface area contributed by atoms with Crippen molar-refractivity contribution in [2.24, 2.45) is 5.92 Å². The molecule has 0 aromatic carbocycles. The van der Waals surface area contributed by atoms with Gasteiger partial charge in [0, 0.05) is 6.61 Å². The summed E-state index contributed by atoms with van der Waals surface area (Å²) in [4.78, 5) is 0. The number of hydrogen-bond donors (Lipinski definition) is 0. The summed E-state index contributed by atoms with van der Waals surface area (Å²) in [6.07, 6.45) is 8.50. The van der Waals surface area contributed by atoms with Crippen LogP contribution >= 0.6 is 0 Å². The Labute approximate surface area is 104 Å². The van der Waals surface area contributed by atoms with Gasteiger partial charge in [-0.3, -0.25) is 0 Å². The van der Waals surface area contributed by atoms with E-state index in [0.717, 1.165) is 12.5 Å². The van der Waals surface area contributed by atoms with Crippen LogP contribution in [0, 0.1) is 5.92 Å². The van der Waals surface area contributed by atoms with Crippen LogP contribution in [-0.4, -0.2) is 12.7 Å². The molecule has 1 aliphatic rings. The number of rotatable bonds is 5. The van der Waals surface area contributed by atoms with Crippen LogP contribution in [0.4, 0.5) is 0 Å². The van der Waals surface area contributed by atoms with Crippen molar-refractivity contribution in [3.8, 4) is 0 Å². The summed E-state index contributed by atoms with van der Waals surface area (Å²) >= 11 is 0. The molecule has 1 heteroatoms. The predicted octanol–water partition coefficient (Wildman–Crippen LogP) is 5.43. The number of unbranched alkanes of at least 4 members (excludes halogenated alkanes) is 2. The number of ether oxygens (including phenoxy) is 1. The highest BCUT2D eigenvalue weighted by molar-refractivity contribution is 4.74. The van der Waals surface area contributed by atoms with Crippen LogP contribution in [0.25, 0.3) is 0 Å². The summed E-state index contributed by atoms with van der Waals surface area (Å²) in [7, 11) is 0. The van der Waals surface area contributed by atoms with Gasteiger partial charge in [-0.25, -0.2) is 0 Å². The van der Waals surface area contributed by atoms with Crippen LogP contribution in [0.5, 0.6) is 0 Å². The van der Waals surface area contributed by atoms with Crippen molar-refractivity contribution in [2.45, 2.75) is 86.2 Å². The Morgan fingerprint density at radius 1 is 1.00 bits per heavy atom. The van der Waals surface area contributed by atoms with E-state index in [1.165, 1.54) is 38.5 Å². The van der Waals surface area contributed by atoms with Crippen LogP contribution < -0.4 is 0 Å². The highest BCUT2D eigenvalue weighted by Gasteiger charge is 2.23. The van der Waals surface area contributed by atoms with Gasteiger partial charge in [-0.2, -0.15) is 0 Å². The van der Waals surface area contributed by atoms with E-state index in [4.69, 9.17) is 4.74 Å². The smallest absolute Gasteiger partial charge is 0.0600 e. The minimum Gasteiger partial charge on any atom is -0.378 e. The van der Waals surface area contributed by atoms with E-state index in [1.807, 2.05) is 27.7 Å². The Kier molecular flexibility index (Phi) is 17.1. The lowest BCUT2D eigenvalue weighted by molar-refractivity contribution is 0.0305. The van der Waals surface area contributed by atoms with Gasteiger partial charge in [-0.05, 0) is 25.2 Å². The van der Waals surface area contributed by atoms with Crippen LogP contribution in [-0.2, 0) is 4.74 Å². The zero-order valence-corrected chi connectivity index (χ0v) is 12.5. The Morgan fingerprint density at radius 2 is 1.62 bits per heavy atom. The van der Waals surface area contributed by atoms with Crippen molar-refractivity contribution in [2.75, 3.05) is 6.61 Å². The van der Waals surface area contributed by atoms with Crippen LogP contribution in [0.1, 0.15) is 80.1 Å². The molecule has 0 aromatic rings. The minimum atomic E-state index is 0.585.